The fourth-order valence-corrected chi connectivity index (χ4v) is 4.71. The van der Waals surface area contributed by atoms with Gasteiger partial charge in [0, 0.05) is 32.2 Å². The molecule has 1 aliphatic rings. The summed E-state index contributed by atoms with van der Waals surface area (Å²) in [5.41, 5.74) is 0.889. The molecule has 0 atom stereocenters. The number of methoxy groups -OCH3 is 1. The average Bonchev–Trinajstić information content (AvgIpc) is 2.61. The Morgan fingerprint density at radius 1 is 1.00 bits per heavy atom. The van der Waals surface area contributed by atoms with E-state index in [-0.39, 0.29) is 23.7 Å². The number of halogens is 2. The summed E-state index contributed by atoms with van der Waals surface area (Å²) in [7, 11) is -2.12. The number of hydrogen-bond acceptors (Lipinski definition) is 4. The van der Waals surface area contributed by atoms with Crippen LogP contribution >= 0.6 is 0 Å². The number of aryl methyl sites for hydroxylation is 1. The lowest BCUT2D eigenvalue weighted by molar-refractivity contribution is 0.382. The smallest absolute Gasteiger partial charge is 0.243 e. The van der Waals surface area contributed by atoms with Crippen molar-refractivity contribution in [3.05, 3.63) is 53.6 Å². The third-order valence-corrected chi connectivity index (χ3v) is 6.55. The summed E-state index contributed by atoms with van der Waals surface area (Å²) in [5.74, 6) is -0.687. The molecule has 1 saturated heterocycles. The minimum absolute atomic E-state index is 0.227. The highest BCUT2D eigenvalue weighted by Gasteiger charge is 2.30. The molecule has 0 radical (unpaired) electrons. The normalized spacial score (nSPS) is 15.9. The predicted molar refractivity (Wildman–Crippen MR) is 95.1 cm³/mol. The average molecular weight is 382 g/mol. The van der Waals surface area contributed by atoms with Crippen LogP contribution in [0.1, 0.15) is 5.56 Å². The van der Waals surface area contributed by atoms with Crippen LogP contribution in [0.5, 0.6) is 5.75 Å². The van der Waals surface area contributed by atoms with Crippen molar-refractivity contribution in [1.82, 2.24) is 4.31 Å². The van der Waals surface area contributed by atoms with E-state index in [1.54, 1.807) is 24.0 Å². The number of benzene rings is 2. The van der Waals surface area contributed by atoms with Gasteiger partial charge in [0.2, 0.25) is 10.0 Å². The Kier molecular flexibility index (Phi) is 5.15. The standard InChI is InChI=1S/C18H20F2N2O3S/c1-13-11-15(25-2)4-6-18(13)26(23,24)22-9-7-21(8-10-22)17-5-3-14(19)12-16(17)20/h3-6,11-12H,7-10H2,1-2H3. The van der Waals surface area contributed by atoms with Gasteiger partial charge in [-0.25, -0.2) is 17.2 Å². The maximum Gasteiger partial charge on any atom is 0.243 e. The lowest BCUT2D eigenvalue weighted by atomic mass is 10.2. The molecule has 3 rings (SSSR count). The molecule has 0 N–H and O–H groups in total. The van der Waals surface area contributed by atoms with E-state index in [1.165, 1.54) is 29.6 Å². The number of anilines is 1. The second kappa shape index (κ2) is 7.20. The maximum atomic E-state index is 13.9. The molecule has 2 aromatic rings. The van der Waals surface area contributed by atoms with Crippen molar-refractivity contribution in [3.63, 3.8) is 0 Å². The maximum absolute atomic E-state index is 13.9. The van der Waals surface area contributed by atoms with E-state index in [2.05, 4.69) is 0 Å². The van der Waals surface area contributed by atoms with Crippen LogP contribution in [0.4, 0.5) is 14.5 Å². The topological polar surface area (TPSA) is 49.9 Å². The first kappa shape index (κ1) is 18.6. The first-order valence-corrected chi connectivity index (χ1v) is 9.62. The van der Waals surface area contributed by atoms with Gasteiger partial charge in [0.25, 0.3) is 0 Å². The molecule has 0 bridgehead atoms. The molecule has 8 heteroatoms. The van der Waals surface area contributed by atoms with Gasteiger partial charge >= 0.3 is 0 Å². The van der Waals surface area contributed by atoms with Crippen molar-refractivity contribution in [3.8, 4) is 5.75 Å². The zero-order chi connectivity index (χ0) is 18.9. The van der Waals surface area contributed by atoms with Gasteiger partial charge in [-0.3, -0.25) is 0 Å². The molecule has 0 spiro atoms. The Morgan fingerprint density at radius 2 is 1.69 bits per heavy atom. The highest BCUT2D eigenvalue weighted by atomic mass is 32.2. The van der Waals surface area contributed by atoms with Gasteiger partial charge in [-0.2, -0.15) is 4.31 Å². The summed E-state index contributed by atoms with van der Waals surface area (Å²) >= 11 is 0. The quantitative estimate of drug-likeness (QED) is 0.816. The third kappa shape index (κ3) is 3.52. The zero-order valence-electron chi connectivity index (χ0n) is 14.6. The molecule has 0 saturated carbocycles. The molecule has 0 unspecified atom stereocenters. The summed E-state index contributed by atoms with van der Waals surface area (Å²) < 4.78 is 59.3. The van der Waals surface area contributed by atoms with Crippen molar-refractivity contribution in [2.45, 2.75) is 11.8 Å². The Labute approximate surface area is 151 Å². The third-order valence-electron chi connectivity index (χ3n) is 4.49. The summed E-state index contributed by atoms with van der Waals surface area (Å²) in [6.45, 7) is 2.84. The monoisotopic (exact) mass is 382 g/mol. The number of ether oxygens (including phenoxy) is 1. The van der Waals surface area contributed by atoms with Crippen molar-refractivity contribution in [1.29, 1.82) is 0 Å². The van der Waals surface area contributed by atoms with Gasteiger partial charge in [-0.15, -0.1) is 0 Å². The molecule has 1 heterocycles. The zero-order valence-corrected chi connectivity index (χ0v) is 15.4. The second-order valence-corrected chi connectivity index (χ2v) is 8.02. The first-order chi connectivity index (χ1) is 12.3. The van der Waals surface area contributed by atoms with E-state index in [0.29, 0.717) is 24.4 Å². The van der Waals surface area contributed by atoms with Crippen LogP contribution in [0, 0.1) is 18.6 Å². The van der Waals surface area contributed by atoms with E-state index >= 15 is 0 Å². The van der Waals surface area contributed by atoms with Gasteiger partial charge in [0.1, 0.15) is 17.4 Å². The molecule has 2 aromatic carbocycles. The number of piperazine rings is 1. The van der Waals surface area contributed by atoms with Crippen molar-refractivity contribution in [2.75, 3.05) is 38.2 Å². The molecular formula is C18H20F2N2O3S. The summed E-state index contributed by atoms with van der Waals surface area (Å²) in [6, 6.07) is 8.24. The van der Waals surface area contributed by atoms with Gasteiger partial charge in [0.15, 0.2) is 0 Å². The van der Waals surface area contributed by atoms with E-state index in [4.69, 9.17) is 4.74 Å². The number of hydrogen-bond donors (Lipinski definition) is 0. The molecule has 0 aliphatic carbocycles. The Morgan fingerprint density at radius 3 is 2.27 bits per heavy atom. The van der Waals surface area contributed by atoms with E-state index in [0.717, 1.165) is 6.07 Å². The Hall–Kier alpha value is -2.19. The van der Waals surface area contributed by atoms with Crippen LogP contribution < -0.4 is 9.64 Å². The van der Waals surface area contributed by atoms with Crippen molar-refractivity contribution in [2.24, 2.45) is 0 Å². The van der Waals surface area contributed by atoms with Crippen LogP contribution in [0.25, 0.3) is 0 Å². The highest BCUT2D eigenvalue weighted by Crippen LogP contribution is 2.27. The van der Waals surface area contributed by atoms with Crippen LogP contribution in [-0.2, 0) is 10.0 Å². The minimum Gasteiger partial charge on any atom is -0.497 e. The Bertz CT molecular complexity index is 911. The van der Waals surface area contributed by atoms with Crippen LogP contribution in [0.3, 0.4) is 0 Å². The molecule has 0 aromatic heterocycles. The second-order valence-electron chi connectivity index (χ2n) is 6.12. The van der Waals surface area contributed by atoms with E-state index in [1.807, 2.05) is 0 Å². The van der Waals surface area contributed by atoms with E-state index in [9.17, 15) is 17.2 Å². The fourth-order valence-electron chi connectivity index (χ4n) is 3.08. The predicted octanol–water partition coefficient (Wildman–Crippen LogP) is 2.79. The van der Waals surface area contributed by atoms with E-state index < -0.39 is 21.7 Å². The minimum atomic E-state index is -3.64. The molecule has 0 amide bonds. The Balaban J connectivity index is 1.76. The molecule has 1 aliphatic heterocycles. The lowest BCUT2D eigenvalue weighted by Gasteiger charge is -2.35. The lowest BCUT2D eigenvalue weighted by Crippen LogP contribution is -2.49. The molecular weight excluding hydrogens is 362 g/mol. The van der Waals surface area contributed by atoms with Gasteiger partial charge in [0.05, 0.1) is 17.7 Å². The summed E-state index contributed by atoms with van der Waals surface area (Å²) in [6.07, 6.45) is 0. The van der Waals surface area contributed by atoms with Crippen LogP contribution in [-0.4, -0.2) is 46.0 Å². The number of sulfonamides is 1. The summed E-state index contributed by atoms with van der Waals surface area (Å²) in [5, 5.41) is 0. The SMILES string of the molecule is COc1ccc(S(=O)(=O)N2CCN(c3ccc(F)cc3F)CC2)c(C)c1. The van der Waals surface area contributed by atoms with Crippen molar-refractivity contribution >= 4 is 15.7 Å². The number of rotatable bonds is 4. The van der Waals surface area contributed by atoms with Crippen LogP contribution in [0.2, 0.25) is 0 Å². The number of nitrogens with zero attached hydrogens (tertiary/aromatic N) is 2. The molecule has 26 heavy (non-hydrogen) atoms. The molecule has 1 fully saturated rings. The fraction of sp³-hybridized carbons (Fsp3) is 0.333. The highest BCUT2D eigenvalue weighted by molar-refractivity contribution is 7.89. The van der Waals surface area contributed by atoms with Crippen molar-refractivity contribution < 1.29 is 21.9 Å². The van der Waals surface area contributed by atoms with Crippen LogP contribution in [0.15, 0.2) is 41.3 Å². The van der Waals surface area contributed by atoms with Gasteiger partial charge in [-0.05, 0) is 42.8 Å². The first-order valence-electron chi connectivity index (χ1n) is 8.17. The molecule has 5 nitrogen and oxygen atoms in total. The summed E-state index contributed by atoms with van der Waals surface area (Å²) in [4.78, 5) is 1.96. The molecule has 140 valence electrons. The largest absolute Gasteiger partial charge is 0.497 e. The van der Waals surface area contributed by atoms with Gasteiger partial charge in [-0.1, -0.05) is 0 Å². The van der Waals surface area contributed by atoms with Gasteiger partial charge < -0.3 is 9.64 Å².